The van der Waals surface area contributed by atoms with Crippen LogP contribution in [0.5, 0.6) is 0 Å². The van der Waals surface area contributed by atoms with Crippen LogP contribution in [-0.2, 0) is 6.54 Å². The minimum atomic E-state index is -0.487. The molecule has 0 spiro atoms. The van der Waals surface area contributed by atoms with Crippen LogP contribution in [0.3, 0.4) is 0 Å². The molecular formula is C17H19N5O2. The number of anilines is 1. The molecule has 1 aromatic heterocycles. The highest BCUT2D eigenvalue weighted by atomic mass is 16.6. The fourth-order valence-corrected chi connectivity index (χ4v) is 2.86. The second-order valence-electron chi connectivity index (χ2n) is 5.85. The summed E-state index contributed by atoms with van der Waals surface area (Å²) in [6.45, 7) is 4.84. The van der Waals surface area contributed by atoms with Crippen molar-refractivity contribution in [2.45, 2.75) is 26.3 Å². The van der Waals surface area contributed by atoms with Crippen molar-refractivity contribution in [1.82, 2.24) is 4.98 Å². The van der Waals surface area contributed by atoms with Gasteiger partial charge in [-0.2, -0.15) is 5.11 Å². The van der Waals surface area contributed by atoms with Gasteiger partial charge in [0.2, 0.25) is 0 Å². The van der Waals surface area contributed by atoms with E-state index in [4.69, 9.17) is 0 Å². The Labute approximate surface area is 140 Å². The van der Waals surface area contributed by atoms with Gasteiger partial charge in [-0.05, 0) is 43.0 Å². The number of rotatable bonds is 5. The van der Waals surface area contributed by atoms with Gasteiger partial charge >= 0.3 is 0 Å². The first-order valence-corrected chi connectivity index (χ1v) is 7.96. The van der Waals surface area contributed by atoms with E-state index in [9.17, 15) is 10.1 Å². The summed E-state index contributed by atoms with van der Waals surface area (Å²) < 4.78 is 0. The van der Waals surface area contributed by atoms with Crippen LogP contribution in [0.15, 0.2) is 46.8 Å². The summed E-state index contributed by atoms with van der Waals surface area (Å²) in [5.74, 6) is 0.367. The van der Waals surface area contributed by atoms with Crippen LogP contribution >= 0.6 is 0 Å². The Kier molecular flexibility index (Phi) is 4.79. The van der Waals surface area contributed by atoms with Gasteiger partial charge in [-0.3, -0.25) is 10.1 Å². The molecule has 0 amide bonds. The first-order valence-electron chi connectivity index (χ1n) is 7.96. The van der Waals surface area contributed by atoms with E-state index >= 15 is 0 Å². The monoisotopic (exact) mass is 325 g/mol. The van der Waals surface area contributed by atoms with Crippen LogP contribution in [0.4, 0.5) is 17.2 Å². The molecule has 2 heterocycles. The summed E-state index contributed by atoms with van der Waals surface area (Å²) in [6, 6.07) is 9.22. The molecule has 3 rings (SSSR count). The number of azo groups is 1. The van der Waals surface area contributed by atoms with Crippen LogP contribution in [0, 0.1) is 17.0 Å². The predicted molar refractivity (Wildman–Crippen MR) is 91.7 cm³/mol. The van der Waals surface area contributed by atoms with Crippen LogP contribution in [0.1, 0.15) is 24.0 Å². The molecule has 0 N–H and O–H groups in total. The van der Waals surface area contributed by atoms with Gasteiger partial charge in [0, 0.05) is 24.8 Å². The van der Waals surface area contributed by atoms with Crippen molar-refractivity contribution in [3.05, 3.63) is 57.8 Å². The molecule has 2 aromatic rings. The van der Waals surface area contributed by atoms with Gasteiger partial charge in [-0.15, -0.1) is 5.11 Å². The lowest BCUT2D eigenvalue weighted by Gasteiger charge is -2.20. The summed E-state index contributed by atoms with van der Waals surface area (Å²) in [5, 5.41) is 18.7. The Morgan fingerprint density at radius 2 is 2.04 bits per heavy atom. The smallest absolute Gasteiger partial charge is 0.287 e. The van der Waals surface area contributed by atoms with E-state index in [1.807, 2.05) is 0 Å². The summed E-state index contributed by atoms with van der Waals surface area (Å²) >= 11 is 0. The molecule has 0 saturated carbocycles. The Hall–Kier alpha value is -2.83. The Morgan fingerprint density at radius 3 is 2.67 bits per heavy atom. The van der Waals surface area contributed by atoms with Crippen molar-refractivity contribution < 1.29 is 4.92 Å². The largest absolute Gasteiger partial charge is 0.371 e. The first kappa shape index (κ1) is 16.0. The maximum Gasteiger partial charge on any atom is 0.287 e. The molecule has 0 atom stereocenters. The highest BCUT2D eigenvalue weighted by Crippen LogP contribution is 2.25. The summed E-state index contributed by atoms with van der Waals surface area (Å²) in [5.41, 5.74) is 3.58. The quantitative estimate of drug-likeness (QED) is 0.469. The van der Waals surface area contributed by atoms with E-state index in [0.29, 0.717) is 12.4 Å². The van der Waals surface area contributed by atoms with Crippen LogP contribution < -0.4 is 4.90 Å². The van der Waals surface area contributed by atoms with Gasteiger partial charge in [-0.25, -0.2) is 4.98 Å². The van der Waals surface area contributed by atoms with E-state index in [0.717, 1.165) is 18.7 Å². The van der Waals surface area contributed by atoms with Gasteiger partial charge < -0.3 is 4.90 Å². The summed E-state index contributed by atoms with van der Waals surface area (Å²) in [6.07, 6.45) is 3.71. The zero-order valence-corrected chi connectivity index (χ0v) is 13.6. The molecule has 0 aliphatic carbocycles. The van der Waals surface area contributed by atoms with E-state index in [-0.39, 0.29) is 5.69 Å². The van der Waals surface area contributed by atoms with Crippen molar-refractivity contribution in [2.24, 2.45) is 10.2 Å². The van der Waals surface area contributed by atoms with Gasteiger partial charge in [0.15, 0.2) is 5.82 Å². The number of nitro groups is 1. The molecular weight excluding hydrogens is 306 g/mol. The third-order valence-electron chi connectivity index (χ3n) is 4.08. The SMILES string of the molecule is Cc1cc(CN=Nc2ccc([N+](=O)[O-])cn2)ccc1N1CCCC1. The molecule has 1 saturated heterocycles. The number of aryl methyl sites for hydroxylation is 1. The second-order valence-corrected chi connectivity index (χ2v) is 5.85. The lowest BCUT2D eigenvalue weighted by atomic mass is 10.1. The number of benzene rings is 1. The Bertz CT molecular complexity index is 752. The molecule has 0 bridgehead atoms. The molecule has 1 fully saturated rings. The van der Waals surface area contributed by atoms with Crippen LogP contribution in [0.25, 0.3) is 0 Å². The molecule has 0 unspecified atom stereocenters. The lowest BCUT2D eigenvalue weighted by Crippen LogP contribution is -2.18. The number of pyridine rings is 1. The van der Waals surface area contributed by atoms with Crippen molar-refractivity contribution in [1.29, 1.82) is 0 Å². The maximum absolute atomic E-state index is 10.6. The van der Waals surface area contributed by atoms with Gasteiger partial charge in [-0.1, -0.05) is 12.1 Å². The average Bonchev–Trinajstić information content (AvgIpc) is 3.10. The minimum Gasteiger partial charge on any atom is -0.371 e. The molecule has 24 heavy (non-hydrogen) atoms. The van der Waals surface area contributed by atoms with Crippen molar-refractivity contribution in [3.8, 4) is 0 Å². The Morgan fingerprint density at radius 1 is 1.25 bits per heavy atom. The molecule has 1 aliphatic heterocycles. The zero-order chi connectivity index (χ0) is 16.9. The minimum absolute atomic E-state index is 0.0536. The molecule has 0 radical (unpaired) electrons. The van der Waals surface area contributed by atoms with E-state index < -0.39 is 4.92 Å². The Balaban J connectivity index is 1.63. The highest BCUT2D eigenvalue weighted by Gasteiger charge is 2.14. The summed E-state index contributed by atoms with van der Waals surface area (Å²) in [4.78, 5) is 16.4. The molecule has 1 aliphatic rings. The molecule has 1 aromatic carbocycles. The van der Waals surface area contributed by atoms with Gasteiger partial charge in [0.05, 0.1) is 11.5 Å². The predicted octanol–water partition coefficient (Wildman–Crippen LogP) is 4.18. The third kappa shape index (κ3) is 3.73. The van der Waals surface area contributed by atoms with E-state index in [2.05, 4.69) is 45.2 Å². The number of aromatic nitrogens is 1. The van der Waals surface area contributed by atoms with Crippen molar-refractivity contribution in [3.63, 3.8) is 0 Å². The van der Waals surface area contributed by atoms with Gasteiger partial charge in [0.25, 0.3) is 5.69 Å². The first-order chi connectivity index (χ1) is 11.6. The molecule has 7 heteroatoms. The van der Waals surface area contributed by atoms with E-state index in [1.165, 1.54) is 42.4 Å². The standard InChI is InChI=1S/C17H19N5O2/c1-13-10-14(4-6-16(13)21-8-2-3-9-21)11-19-20-17-7-5-15(12-18-17)22(23)24/h4-7,10,12H,2-3,8-9,11H2,1H3. The fourth-order valence-electron chi connectivity index (χ4n) is 2.86. The zero-order valence-electron chi connectivity index (χ0n) is 13.6. The molecule has 124 valence electrons. The van der Waals surface area contributed by atoms with Crippen molar-refractivity contribution in [2.75, 3.05) is 18.0 Å². The van der Waals surface area contributed by atoms with E-state index in [1.54, 1.807) is 0 Å². The van der Waals surface area contributed by atoms with Crippen LogP contribution in [-0.4, -0.2) is 23.0 Å². The summed E-state index contributed by atoms with van der Waals surface area (Å²) in [7, 11) is 0. The molecule has 7 nitrogen and oxygen atoms in total. The third-order valence-corrected chi connectivity index (χ3v) is 4.08. The van der Waals surface area contributed by atoms with Gasteiger partial charge in [0.1, 0.15) is 6.20 Å². The number of nitrogens with zero attached hydrogens (tertiary/aromatic N) is 5. The second kappa shape index (κ2) is 7.16. The topological polar surface area (TPSA) is 84.0 Å². The lowest BCUT2D eigenvalue weighted by molar-refractivity contribution is -0.385. The number of hydrogen-bond acceptors (Lipinski definition) is 6. The van der Waals surface area contributed by atoms with Crippen molar-refractivity contribution >= 4 is 17.2 Å². The normalized spacial score (nSPS) is 14.5. The number of hydrogen-bond donors (Lipinski definition) is 0. The fraction of sp³-hybridized carbons (Fsp3) is 0.353. The average molecular weight is 325 g/mol. The highest BCUT2D eigenvalue weighted by molar-refractivity contribution is 5.55. The van der Waals surface area contributed by atoms with Crippen LogP contribution in [0.2, 0.25) is 0 Å². The maximum atomic E-state index is 10.6.